The molecule has 6 nitrogen and oxygen atoms in total. The molecule has 0 spiro atoms. The van der Waals surface area contributed by atoms with Crippen molar-refractivity contribution in [1.82, 2.24) is 0 Å². The molecule has 0 radical (unpaired) electrons. The maximum absolute atomic E-state index is 13.4. The standard InChI is InChI=1S/C30H34O6/c1-18(2)7-6-15-30(5)16-14-22-27(34)21(11-8-19(3)4)28(35)26(29(22)36-30)24(32)13-10-20-9-12-23(31)25(33)17-20/h7-10,12-14,16-17,31,33-35H,6,11,15H2,1-5H3/b13-10+/t30-/m0/s1. The van der Waals surface area contributed by atoms with E-state index in [9.17, 15) is 25.2 Å². The Morgan fingerprint density at radius 1 is 0.972 bits per heavy atom. The van der Waals surface area contributed by atoms with E-state index in [0.29, 0.717) is 17.5 Å². The van der Waals surface area contributed by atoms with Gasteiger partial charge in [0, 0.05) is 5.56 Å². The molecule has 0 amide bonds. The van der Waals surface area contributed by atoms with Crippen LogP contribution in [0.2, 0.25) is 0 Å². The molecule has 0 aromatic heterocycles. The third-order valence-electron chi connectivity index (χ3n) is 6.05. The highest BCUT2D eigenvalue weighted by atomic mass is 16.5. The van der Waals surface area contributed by atoms with Gasteiger partial charge in [0.15, 0.2) is 17.3 Å². The minimum atomic E-state index is -0.735. The van der Waals surface area contributed by atoms with Gasteiger partial charge in [-0.25, -0.2) is 0 Å². The van der Waals surface area contributed by atoms with Crippen LogP contribution < -0.4 is 4.74 Å². The fraction of sp³-hybridized carbons (Fsp3) is 0.300. The van der Waals surface area contributed by atoms with E-state index in [4.69, 9.17) is 4.74 Å². The maximum atomic E-state index is 13.4. The highest BCUT2D eigenvalue weighted by molar-refractivity contribution is 6.12. The van der Waals surface area contributed by atoms with Crippen molar-refractivity contribution in [3.05, 3.63) is 75.9 Å². The van der Waals surface area contributed by atoms with Crippen molar-refractivity contribution in [3.8, 4) is 28.7 Å². The average Bonchev–Trinajstić information content (AvgIpc) is 2.79. The van der Waals surface area contributed by atoms with Gasteiger partial charge in [0.05, 0.1) is 5.56 Å². The summed E-state index contributed by atoms with van der Waals surface area (Å²) in [5.74, 6) is -1.40. The minimum Gasteiger partial charge on any atom is -0.507 e. The molecule has 2 aromatic carbocycles. The summed E-state index contributed by atoms with van der Waals surface area (Å²) in [5, 5.41) is 41.5. The quantitative estimate of drug-likeness (QED) is 0.140. The van der Waals surface area contributed by atoms with Crippen molar-refractivity contribution in [2.45, 2.75) is 59.5 Å². The SMILES string of the molecule is CC(C)=CCC[C@@]1(C)C=Cc2c(O)c(CC=C(C)C)c(O)c(C(=O)/C=C/c3ccc(O)c(O)c3)c2O1. The van der Waals surface area contributed by atoms with Gasteiger partial charge in [-0.05, 0) is 89.8 Å². The topological polar surface area (TPSA) is 107 Å². The van der Waals surface area contributed by atoms with Crippen LogP contribution >= 0.6 is 0 Å². The molecule has 1 atom stereocenters. The number of phenolic OH excluding ortho intramolecular Hbond substituents is 4. The fourth-order valence-electron chi connectivity index (χ4n) is 3.97. The predicted octanol–water partition coefficient (Wildman–Crippen LogP) is 6.82. The van der Waals surface area contributed by atoms with Crippen LogP contribution in [-0.4, -0.2) is 31.8 Å². The second kappa shape index (κ2) is 10.8. The molecule has 0 aliphatic carbocycles. The molecule has 0 saturated carbocycles. The van der Waals surface area contributed by atoms with Crippen molar-refractivity contribution >= 4 is 17.9 Å². The molecule has 6 heteroatoms. The van der Waals surface area contributed by atoms with E-state index in [1.165, 1.54) is 29.9 Å². The number of fused-ring (bicyclic) bond motifs is 1. The van der Waals surface area contributed by atoms with Gasteiger partial charge < -0.3 is 25.2 Å². The van der Waals surface area contributed by atoms with Gasteiger partial charge in [0.1, 0.15) is 28.4 Å². The number of hydrogen-bond donors (Lipinski definition) is 4. The molecule has 4 N–H and O–H groups in total. The van der Waals surface area contributed by atoms with Crippen molar-refractivity contribution in [3.63, 3.8) is 0 Å². The van der Waals surface area contributed by atoms with E-state index in [-0.39, 0.29) is 46.3 Å². The molecular formula is C30H34O6. The predicted molar refractivity (Wildman–Crippen MR) is 143 cm³/mol. The number of carbonyl (C=O) groups excluding carboxylic acids is 1. The molecule has 1 heterocycles. The van der Waals surface area contributed by atoms with E-state index in [2.05, 4.69) is 6.08 Å². The molecule has 0 bridgehead atoms. The van der Waals surface area contributed by atoms with Crippen LogP contribution in [0.25, 0.3) is 12.2 Å². The van der Waals surface area contributed by atoms with E-state index in [1.807, 2.05) is 46.8 Å². The largest absolute Gasteiger partial charge is 0.507 e. The highest BCUT2D eigenvalue weighted by Gasteiger charge is 2.34. The summed E-state index contributed by atoms with van der Waals surface area (Å²) in [6, 6.07) is 4.19. The summed E-state index contributed by atoms with van der Waals surface area (Å²) < 4.78 is 6.30. The normalized spacial score (nSPS) is 16.4. The molecular weight excluding hydrogens is 456 g/mol. The Hall–Kier alpha value is -3.93. The number of ether oxygens (including phenoxy) is 1. The second-order valence-electron chi connectivity index (χ2n) is 9.79. The Morgan fingerprint density at radius 3 is 2.31 bits per heavy atom. The lowest BCUT2D eigenvalue weighted by molar-refractivity contribution is 0.101. The third-order valence-corrected chi connectivity index (χ3v) is 6.05. The fourth-order valence-corrected chi connectivity index (χ4v) is 3.97. The number of benzene rings is 2. The lowest BCUT2D eigenvalue weighted by Crippen LogP contribution is -2.32. The van der Waals surface area contributed by atoms with Gasteiger partial charge in [-0.15, -0.1) is 0 Å². The smallest absolute Gasteiger partial charge is 0.193 e. The van der Waals surface area contributed by atoms with Crippen molar-refractivity contribution in [2.75, 3.05) is 0 Å². The Balaban J connectivity index is 2.10. The molecule has 0 unspecified atom stereocenters. The monoisotopic (exact) mass is 490 g/mol. The first-order valence-electron chi connectivity index (χ1n) is 11.9. The summed E-state index contributed by atoms with van der Waals surface area (Å²) >= 11 is 0. The lowest BCUT2D eigenvalue weighted by Gasteiger charge is -2.33. The first kappa shape index (κ1) is 26.7. The number of hydrogen-bond acceptors (Lipinski definition) is 6. The summed E-state index contributed by atoms with van der Waals surface area (Å²) in [7, 11) is 0. The van der Waals surface area contributed by atoms with Crippen LogP contribution in [0.3, 0.4) is 0 Å². The first-order chi connectivity index (χ1) is 16.9. The molecule has 0 fully saturated rings. The zero-order chi connectivity index (χ0) is 26.6. The van der Waals surface area contributed by atoms with Gasteiger partial charge in [0.2, 0.25) is 0 Å². The zero-order valence-electron chi connectivity index (χ0n) is 21.4. The van der Waals surface area contributed by atoms with E-state index >= 15 is 0 Å². The Kier molecular flexibility index (Phi) is 7.98. The van der Waals surface area contributed by atoms with Gasteiger partial charge in [0.25, 0.3) is 0 Å². The molecule has 2 aromatic rings. The minimum absolute atomic E-state index is 0.0306. The molecule has 3 rings (SSSR count). The zero-order valence-corrected chi connectivity index (χ0v) is 21.4. The summed E-state index contributed by atoms with van der Waals surface area (Å²) in [6.45, 7) is 9.77. The number of rotatable bonds is 8. The van der Waals surface area contributed by atoms with Crippen LogP contribution in [0, 0.1) is 0 Å². The summed E-state index contributed by atoms with van der Waals surface area (Å²) in [4.78, 5) is 13.4. The summed E-state index contributed by atoms with van der Waals surface area (Å²) in [5.41, 5.74) is 2.52. The van der Waals surface area contributed by atoms with Crippen molar-refractivity contribution < 1.29 is 30.0 Å². The average molecular weight is 491 g/mol. The number of aromatic hydroxyl groups is 4. The number of phenols is 4. The Bertz CT molecular complexity index is 1290. The number of carbonyl (C=O) groups is 1. The van der Waals surface area contributed by atoms with Crippen LogP contribution in [0.1, 0.15) is 74.5 Å². The Labute approximate surface area is 212 Å². The molecule has 190 valence electrons. The first-order valence-corrected chi connectivity index (χ1v) is 11.9. The third kappa shape index (κ3) is 6.00. The molecule has 0 saturated heterocycles. The highest BCUT2D eigenvalue weighted by Crippen LogP contribution is 2.48. The van der Waals surface area contributed by atoms with Crippen LogP contribution in [-0.2, 0) is 6.42 Å². The van der Waals surface area contributed by atoms with Gasteiger partial charge in [-0.1, -0.05) is 35.4 Å². The van der Waals surface area contributed by atoms with E-state index in [1.54, 1.807) is 12.1 Å². The van der Waals surface area contributed by atoms with Gasteiger partial charge in [-0.3, -0.25) is 4.79 Å². The number of ketones is 1. The van der Waals surface area contributed by atoms with E-state index < -0.39 is 11.4 Å². The van der Waals surface area contributed by atoms with Crippen LogP contribution in [0.5, 0.6) is 28.7 Å². The Morgan fingerprint density at radius 2 is 1.67 bits per heavy atom. The van der Waals surface area contributed by atoms with Crippen molar-refractivity contribution in [1.29, 1.82) is 0 Å². The lowest BCUT2D eigenvalue weighted by atomic mass is 9.89. The molecule has 1 aliphatic heterocycles. The second-order valence-corrected chi connectivity index (χ2v) is 9.79. The maximum Gasteiger partial charge on any atom is 0.193 e. The van der Waals surface area contributed by atoms with Crippen LogP contribution in [0.15, 0.2) is 53.6 Å². The van der Waals surface area contributed by atoms with Crippen LogP contribution in [0.4, 0.5) is 0 Å². The number of allylic oxidation sites excluding steroid dienone is 5. The molecule has 1 aliphatic rings. The molecule has 36 heavy (non-hydrogen) atoms. The van der Waals surface area contributed by atoms with Crippen molar-refractivity contribution in [2.24, 2.45) is 0 Å². The van der Waals surface area contributed by atoms with Gasteiger partial charge in [-0.2, -0.15) is 0 Å². The van der Waals surface area contributed by atoms with E-state index in [0.717, 1.165) is 12.0 Å². The van der Waals surface area contributed by atoms with Gasteiger partial charge >= 0.3 is 0 Å². The summed E-state index contributed by atoms with van der Waals surface area (Å²) in [6.07, 6.45) is 12.0.